The molecule has 0 aliphatic rings. The minimum Gasteiger partial charge on any atom is -0.467 e. The average Bonchev–Trinajstić information content (AvgIpc) is 3.07. The van der Waals surface area contributed by atoms with E-state index in [2.05, 4.69) is 15.6 Å². The number of benzene rings is 1. The van der Waals surface area contributed by atoms with Crippen molar-refractivity contribution in [3.8, 4) is 11.3 Å². The second-order valence-electron chi connectivity index (χ2n) is 6.71. The van der Waals surface area contributed by atoms with Gasteiger partial charge in [-0.05, 0) is 27.2 Å². The Balaban J connectivity index is 2.03. The zero-order valence-electron chi connectivity index (χ0n) is 15.4. The van der Waals surface area contributed by atoms with Crippen LogP contribution in [0.15, 0.2) is 36.5 Å². The molecule has 140 valence electrons. The molecule has 26 heavy (non-hydrogen) atoms. The maximum atomic E-state index is 12.1. The minimum atomic E-state index is -0.695. The van der Waals surface area contributed by atoms with Gasteiger partial charge in [0.2, 0.25) is 0 Å². The number of aromatic nitrogens is 3. The summed E-state index contributed by atoms with van der Waals surface area (Å²) in [5.41, 5.74) is 0.969. The van der Waals surface area contributed by atoms with Gasteiger partial charge in [0.25, 0.3) is 0 Å². The second kappa shape index (κ2) is 8.46. The first-order valence-corrected chi connectivity index (χ1v) is 8.32. The molecule has 2 rings (SSSR count). The Morgan fingerprint density at radius 2 is 1.92 bits per heavy atom. The van der Waals surface area contributed by atoms with Gasteiger partial charge in [-0.25, -0.2) is 14.3 Å². The number of ether oxygens (including phenoxy) is 2. The first kappa shape index (κ1) is 19.4. The third-order valence-electron chi connectivity index (χ3n) is 3.46. The Morgan fingerprint density at radius 3 is 2.54 bits per heavy atom. The molecule has 8 heteroatoms. The Kier molecular flexibility index (Phi) is 6.32. The standard InChI is InChI=1S/C18H24N4O4/c1-18(2,3)26-17(24)19-11-10-15(16(23)25-4)22-12-14(20-21-22)13-8-6-5-7-9-13/h5-9,12,15H,10-11H2,1-4H3,(H,19,24). The van der Waals surface area contributed by atoms with Crippen LogP contribution in [0.4, 0.5) is 4.79 Å². The van der Waals surface area contributed by atoms with Crippen molar-refractivity contribution < 1.29 is 19.1 Å². The first-order valence-electron chi connectivity index (χ1n) is 8.32. The number of amides is 1. The van der Waals surface area contributed by atoms with Gasteiger partial charge in [0.15, 0.2) is 6.04 Å². The largest absolute Gasteiger partial charge is 0.467 e. The van der Waals surface area contributed by atoms with Crippen molar-refractivity contribution in [2.45, 2.75) is 38.8 Å². The summed E-state index contributed by atoms with van der Waals surface area (Å²) in [6, 6.07) is 8.83. The molecule has 1 atom stereocenters. The van der Waals surface area contributed by atoms with E-state index in [0.717, 1.165) is 5.56 Å². The van der Waals surface area contributed by atoms with Gasteiger partial charge in [-0.15, -0.1) is 5.10 Å². The van der Waals surface area contributed by atoms with E-state index in [-0.39, 0.29) is 6.54 Å². The van der Waals surface area contributed by atoms with Gasteiger partial charge in [0, 0.05) is 12.1 Å². The Labute approximate surface area is 152 Å². The van der Waals surface area contributed by atoms with Gasteiger partial charge < -0.3 is 14.8 Å². The highest BCUT2D eigenvalue weighted by atomic mass is 16.6. The first-order chi connectivity index (χ1) is 12.3. The van der Waals surface area contributed by atoms with Crippen LogP contribution < -0.4 is 5.32 Å². The number of carbonyl (C=O) groups excluding carboxylic acids is 2. The molecule has 8 nitrogen and oxygen atoms in total. The SMILES string of the molecule is COC(=O)C(CCNC(=O)OC(C)(C)C)n1cc(-c2ccccc2)nn1. The summed E-state index contributed by atoms with van der Waals surface area (Å²) in [6.07, 6.45) is 1.44. The molecule has 1 amide bonds. The number of methoxy groups -OCH3 is 1. The predicted molar refractivity (Wildman–Crippen MR) is 95.4 cm³/mol. The molecule has 0 saturated heterocycles. The van der Waals surface area contributed by atoms with E-state index in [1.807, 2.05) is 30.3 Å². The molecule has 1 aromatic heterocycles. The van der Waals surface area contributed by atoms with Crippen LogP contribution in [0.3, 0.4) is 0 Å². The fraction of sp³-hybridized carbons (Fsp3) is 0.444. The van der Waals surface area contributed by atoms with E-state index >= 15 is 0 Å². The van der Waals surface area contributed by atoms with E-state index in [0.29, 0.717) is 12.1 Å². The molecule has 1 N–H and O–H groups in total. The number of nitrogens with one attached hydrogen (secondary N) is 1. The van der Waals surface area contributed by atoms with Gasteiger partial charge in [-0.3, -0.25) is 0 Å². The van der Waals surface area contributed by atoms with Gasteiger partial charge in [0.1, 0.15) is 11.3 Å². The third-order valence-corrected chi connectivity index (χ3v) is 3.46. The monoisotopic (exact) mass is 360 g/mol. The van der Waals surface area contributed by atoms with Crippen molar-refractivity contribution >= 4 is 12.1 Å². The summed E-state index contributed by atoms with van der Waals surface area (Å²) in [5.74, 6) is -0.458. The van der Waals surface area contributed by atoms with Crippen molar-refractivity contribution in [1.82, 2.24) is 20.3 Å². The maximum absolute atomic E-state index is 12.1. The van der Waals surface area contributed by atoms with Crippen LogP contribution in [0.2, 0.25) is 0 Å². The maximum Gasteiger partial charge on any atom is 0.407 e. The highest BCUT2D eigenvalue weighted by Crippen LogP contribution is 2.19. The summed E-state index contributed by atoms with van der Waals surface area (Å²) in [6.45, 7) is 5.58. The van der Waals surface area contributed by atoms with E-state index in [9.17, 15) is 9.59 Å². The Morgan fingerprint density at radius 1 is 1.23 bits per heavy atom. The predicted octanol–water partition coefficient (Wildman–Crippen LogP) is 2.57. The number of hydrogen-bond donors (Lipinski definition) is 1. The molecule has 1 heterocycles. The van der Waals surface area contributed by atoms with Gasteiger partial charge in [-0.1, -0.05) is 35.5 Å². The molecule has 0 saturated carbocycles. The van der Waals surface area contributed by atoms with Crippen molar-refractivity contribution in [3.05, 3.63) is 36.5 Å². The van der Waals surface area contributed by atoms with Crippen molar-refractivity contribution in [2.24, 2.45) is 0 Å². The normalized spacial score (nSPS) is 12.3. The quantitative estimate of drug-likeness (QED) is 0.796. The molecule has 1 unspecified atom stereocenters. The van der Waals surface area contributed by atoms with Crippen LogP contribution in [-0.2, 0) is 14.3 Å². The molecule has 0 spiro atoms. The number of rotatable bonds is 6. The fourth-order valence-corrected chi connectivity index (χ4v) is 2.29. The van der Waals surface area contributed by atoms with E-state index in [1.54, 1.807) is 27.0 Å². The fourth-order valence-electron chi connectivity index (χ4n) is 2.29. The molecule has 2 aromatic rings. The molecule has 0 aliphatic heterocycles. The topological polar surface area (TPSA) is 95.3 Å². The van der Waals surface area contributed by atoms with Gasteiger partial charge in [0.05, 0.1) is 13.3 Å². The summed E-state index contributed by atoms with van der Waals surface area (Å²) >= 11 is 0. The zero-order valence-corrected chi connectivity index (χ0v) is 15.4. The second-order valence-corrected chi connectivity index (χ2v) is 6.71. The lowest BCUT2D eigenvalue weighted by atomic mass is 10.1. The molecule has 1 aromatic carbocycles. The van der Waals surface area contributed by atoms with E-state index < -0.39 is 23.7 Å². The Bertz CT molecular complexity index is 737. The molecule has 0 radical (unpaired) electrons. The van der Waals surface area contributed by atoms with Crippen LogP contribution in [0.25, 0.3) is 11.3 Å². The molecule has 0 bridgehead atoms. The summed E-state index contributed by atoms with van der Waals surface area (Å²) in [7, 11) is 1.31. The minimum absolute atomic E-state index is 0.231. The summed E-state index contributed by atoms with van der Waals surface area (Å²) in [5, 5.41) is 10.8. The molecule has 0 aliphatic carbocycles. The van der Waals surface area contributed by atoms with E-state index in [4.69, 9.17) is 9.47 Å². The van der Waals surface area contributed by atoms with Crippen LogP contribution in [0.5, 0.6) is 0 Å². The van der Waals surface area contributed by atoms with Crippen molar-refractivity contribution in [2.75, 3.05) is 13.7 Å². The lowest BCUT2D eigenvalue weighted by Gasteiger charge is -2.20. The van der Waals surface area contributed by atoms with Crippen LogP contribution in [0, 0.1) is 0 Å². The number of nitrogens with zero attached hydrogens (tertiary/aromatic N) is 3. The van der Waals surface area contributed by atoms with Gasteiger partial charge in [-0.2, -0.15) is 0 Å². The lowest BCUT2D eigenvalue weighted by Crippen LogP contribution is -2.34. The zero-order chi connectivity index (χ0) is 19.2. The van der Waals surface area contributed by atoms with Crippen molar-refractivity contribution in [1.29, 1.82) is 0 Å². The number of hydrogen-bond acceptors (Lipinski definition) is 6. The number of carbonyl (C=O) groups is 2. The smallest absolute Gasteiger partial charge is 0.407 e. The van der Waals surface area contributed by atoms with Crippen molar-refractivity contribution in [3.63, 3.8) is 0 Å². The Hall–Kier alpha value is -2.90. The number of esters is 1. The highest BCUT2D eigenvalue weighted by molar-refractivity contribution is 5.74. The average molecular weight is 360 g/mol. The van der Waals surface area contributed by atoms with Crippen LogP contribution in [0.1, 0.15) is 33.2 Å². The number of alkyl carbamates (subject to hydrolysis) is 1. The molecular formula is C18H24N4O4. The van der Waals surface area contributed by atoms with Crippen LogP contribution in [-0.4, -0.2) is 46.3 Å². The van der Waals surface area contributed by atoms with Crippen LogP contribution >= 0.6 is 0 Å². The third kappa shape index (κ3) is 5.58. The summed E-state index contributed by atoms with van der Waals surface area (Å²) in [4.78, 5) is 23.8. The summed E-state index contributed by atoms with van der Waals surface area (Å²) < 4.78 is 11.5. The highest BCUT2D eigenvalue weighted by Gasteiger charge is 2.24. The lowest BCUT2D eigenvalue weighted by molar-refractivity contribution is -0.145. The van der Waals surface area contributed by atoms with Gasteiger partial charge >= 0.3 is 12.1 Å². The van der Waals surface area contributed by atoms with E-state index in [1.165, 1.54) is 11.8 Å². The molecule has 0 fully saturated rings. The molecular weight excluding hydrogens is 336 g/mol.